The fourth-order valence-corrected chi connectivity index (χ4v) is 1.75. The van der Waals surface area contributed by atoms with Crippen molar-refractivity contribution in [3.05, 3.63) is 58.5 Å². The third-order valence-electron chi connectivity index (χ3n) is 2.86. The zero-order chi connectivity index (χ0) is 16.8. The van der Waals surface area contributed by atoms with Crippen molar-refractivity contribution in [1.29, 1.82) is 0 Å². The first-order valence-corrected chi connectivity index (χ1v) is 6.44. The van der Waals surface area contributed by atoms with Gasteiger partial charge in [-0.15, -0.1) is 0 Å². The molecule has 0 fully saturated rings. The number of hydrogen-bond acceptors (Lipinski definition) is 7. The molecule has 9 heteroatoms. The maximum absolute atomic E-state index is 12.3. The van der Waals surface area contributed by atoms with E-state index in [4.69, 9.17) is 4.42 Å². The molecule has 0 aliphatic carbocycles. The van der Waals surface area contributed by atoms with Gasteiger partial charge in [0.05, 0.1) is 18.3 Å². The van der Waals surface area contributed by atoms with Crippen molar-refractivity contribution in [2.75, 3.05) is 12.4 Å². The number of methoxy groups -OCH3 is 1. The van der Waals surface area contributed by atoms with E-state index in [9.17, 15) is 19.7 Å². The Hall–Kier alpha value is -3.36. The third kappa shape index (κ3) is 4.06. The second-order valence-electron chi connectivity index (χ2n) is 4.36. The van der Waals surface area contributed by atoms with E-state index in [-0.39, 0.29) is 11.4 Å². The number of Topliss-reactive ketones (excluding diaryl/α,β-unsaturated/α-hetero) is 1. The average molecular weight is 319 g/mol. The van der Waals surface area contributed by atoms with Crippen molar-refractivity contribution in [3.63, 3.8) is 0 Å². The number of nitrogens with zero attached hydrogens (tertiary/aromatic N) is 1. The van der Waals surface area contributed by atoms with Crippen LogP contribution in [0.5, 0.6) is 0 Å². The van der Waals surface area contributed by atoms with E-state index < -0.39 is 23.0 Å². The van der Waals surface area contributed by atoms with Crippen LogP contribution in [0.15, 0.2) is 47.1 Å². The molecule has 2 rings (SSSR count). The van der Waals surface area contributed by atoms with Crippen LogP contribution in [0.25, 0.3) is 0 Å². The number of non-ortho nitro benzene ring substituents is 1. The molecule has 0 radical (unpaired) electrons. The van der Waals surface area contributed by atoms with Crippen LogP contribution in [0.2, 0.25) is 0 Å². The van der Waals surface area contributed by atoms with Crippen LogP contribution >= 0.6 is 0 Å². The van der Waals surface area contributed by atoms with Gasteiger partial charge in [-0.3, -0.25) is 20.2 Å². The van der Waals surface area contributed by atoms with Crippen molar-refractivity contribution in [2.45, 2.75) is 6.17 Å². The van der Waals surface area contributed by atoms with Gasteiger partial charge in [0, 0.05) is 17.8 Å². The Morgan fingerprint density at radius 3 is 2.48 bits per heavy atom. The number of alkyl carbamates (subject to hydrolysis) is 1. The molecule has 1 atom stereocenters. The lowest BCUT2D eigenvalue weighted by Gasteiger charge is -2.18. The number of amides is 1. The Morgan fingerprint density at radius 1 is 1.26 bits per heavy atom. The Morgan fingerprint density at radius 2 is 1.96 bits per heavy atom. The van der Waals surface area contributed by atoms with Gasteiger partial charge in [0.1, 0.15) is 0 Å². The fourth-order valence-electron chi connectivity index (χ4n) is 1.75. The summed E-state index contributed by atoms with van der Waals surface area (Å²) >= 11 is 0. The summed E-state index contributed by atoms with van der Waals surface area (Å²) in [5.41, 5.74) is 0.308. The number of nitro groups is 1. The zero-order valence-electron chi connectivity index (χ0n) is 12.0. The van der Waals surface area contributed by atoms with Crippen LogP contribution in [0.1, 0.15) is 10.6 Å². The summed E-state index contributed by atoms with van der Waals surface area (Å²) in [6, 6.07) is 8.36. The van der Waals surface area contributed by atoms with Gasteiger partial charge >= 0.3 is 6.09 Å². The third-order valence-corrected chi connectivity index (χ3v) is 2.86. The van der Waals surface area contributed by atoms with E-state index in [0.29, 0.717) is 5.69 Å². The summed E-state index contributed by atoms with van der Waals surface area (Å²) in [7, 11) is 1.16. The molecule has 23 heavy (non-hydrogen) atoms. The van der Waals surface area contributed by atoms with Gasteiger partial charge in [-0.2, -0.15) is 0 Å². The molecule has 2 N–H and O–H groups in total. The van der Waals surface area contributed by atoms with Gasteiger partial charge in [-0.1, -0.05) is 0 Å². The highest BCUT2D eigenvalue weighted by Crippen LogP contribution is 2.17. The molecular weight excluding hydrogens is 306 g/mol. The minimum atomic E-state index is -1.16. The monoisotopic (exact) mass is 319 g/mol. The summed E-state index contributed by atoms with van der Waals surface area (Å²) in [6.45, 7) is 0. The highest BCUT2D eigenvalue weighted by molar-refractivity contribution is 6.00. The summed E-state index contributed by atoms with van der Waals surface area (Å²) in [6.07, 6.45) is -0.645. The Balaban J connectivity index is 2.18. The van der Waals surface area contributed by atoms with E-state index in [0.717, 1.165) is 7.11 Å². The van der Waals surface area contributed by atoms with E-state index in [1.165, 1.54) is 42.7 Å². The molecule has 1 aromatic carbocycles. The molecule has 0 aliphatic rings. The predicted molar refractivity (Wildman–Crippen MR) is 79.1 cm³/mol. The molecule has 1 amide bonds. The smallest absolute Gasteiger partial charge is 0.408 e. The fraction of sp³-hybridized carbons (Fsp3) is 0.143. The molecular formula is C14H13N3O6. The molecule has 0 bridgehead atoms. The van der Waals surface area contributed by atoms with Gasteiger partial charge in [0.25, 0.3) is 5.69 Å². The van der Waals surface area contributed by atoms with Crippen LogP contribution in [0.3, 0.4) is 0 Å². The van der Waals surface area contributed by atoms with Crippen molar-refractivity contribution in [1.82, 2.24) is 5.32 Å². The van der Waals surface area contributed by atoms with Crippen LogP contribution < -0.4 is 10.6 Å². The largest absolute Gasteiger partial charge is 0.461 e. The lowest BCUT2D eigenvalue weighted by molar-refractivity contribution is -0.384. The van der Waals surface area contributed by atoms with E-state index in [1.807, 2.05) is 0 Å². The normalized spacial score (nSPS) is 11.3. The number of anilines is 1. The molecule has 0 spiro atoms. The van der Waals surface area contributed by atoms with Gasteiger partial charge in [-0.25, -0.2) is 4.79 Å². The highest BCUT2D eigenvalue weighted by atomic mass is 16.6. The van der Waals surface area contributed by atoms with Crippen LogP contribution in [0, 0.1) is 10.1 Å². The average Bonchev–Trinajstić information content (AvgIpc) is 3.08. The van der Waals surface area contributed by atoms with E-state index in [2.05, 4.69) is 15.4 Å². The molecule has 0 saturated carbocycles. The number of ether oxygens (including phenoxy) is 1. The quantitative estimate of drug-likeness (QED) is 0.362. The van der Waals surface area contributed by atoms with Crippen molar-refractivity contribution >= 4 is 23.3 Å². The number of ketones is 1. The van der Waals surface area contributed by atoms with Gasteiger partial charge in [-0.05, 0) is 24.3 Å². The summed E-state index contributed by atoms with van der Waals surface area (Å²) < 4.78 is 9.48. The topological polar surface area (TPSA) is 124 Å². The van der Waals surface area contributed by atoms with Gasteiger partial charge in [0.15, 0.2) is 11.9 Å². The maximum atomic E-state index is 12.3. The molecule has 1 aromatic heterocycles. The number of nitrogens with one attached hydrogen (secondary N) is 2. The number of nitro benzene ring substituents is 1. The maximum Gasteiger partial charge on any atom is 0.408 e. The van der Waals surface area contributed by atoms with Crippen LogP contribution in [-0.4, -0.2) is 30.1 Å². The second-order valence-corrected chi connectivity index (χ2v) is 4.36. The van der Waals surface area contributed by atoms with E-state index >= 15 is 0 Å². The Labute approximate surface area is 130 Å². The summed E-state index contributed by atoms with van der Waals surface area (Å²) in [5.74, 6) is -0.487. The minimum absolute atomic E-state index is 0.0424. The molecule has 0 unspecified atom stereocenters. The number of rotatable bonds is 6. The van der Waals surface area contributed by atoms with Crippen molar-refractivity contribution in [3.8, 4) is 0 Å². The number of carbonyl (C=O) groups excluding carboxylic acids is 2. The first-order chi connectivity index (χ1) is 11.0. The highest BCUT2D eigenvalue weighted by Gasteiger charge is 2.24. The van der Waals surface area contributed by atoms with Crippen molar-refractivity contribution < 1.29 is 23.7 Å². The number of benzene rings is 1. The molecule has 1 heterocycles. The molecule has 0 saturated heterocycles. The number of hydrogen-bond donors (Lipinski definition) is 2. The SMILES string of the molecule is COC(=O)N[C@H](Nc1ccc([N+](=O)[O-])cc1)C(=O)c1ccco1. The Kier molecular flexibility index (Phi) is 4.92. The molecule has 0 aliphatic heterocycles. The molecule has 9 nitrogen and oxygen atoms in total. The lowest BCUT2D eigenvalue weighted by Crippen LogP contribution is -2.46. The standard InChI is InChI=1S/C14H13N3O6/c1-22-14(19)16-13(12(18)11-3-2-8-23-11)15-9-4-6-10(7-5-9)17(20)21/h2-8,13,15H,1H3,(H,16,19)/t13-/m0/s1. The predicted octanol–water partition coefficient (Wildman–Crippen LogP) is 2.16. The molecule has 2 aromatic rings. The number of furan rings is 1. The lowest BCUT2D eigenvalue weighted by atomic mass is 10.2. The first-order valence-electron chi connectivity index (χ1n) is 6.44. The van der Waals surface area contributed by atoms with Crippen LogP contribution in [0.4, 0.5) is 16.2 Å². The van der Waals surface area contributed by atoms with Gasteiger partial charge in [0.2, 0.25) is 5.78 Å². The number of carbonyl (C=O) groups is 2. The van der Waals surface area contributed by atoms with Gasteiger partial charge < -0.3 is 14.5 Å². The summed E-state index contributed by atoms with van der Waals surface area (Å²) in [5, 5.41) is 15.7. The van der Waals surface area contributed by atoms with E-state index in [1.54, 1.807) is 0 Å². The minimum Gasteiger partial charge on any atom is -0.461 e. The van der Waals surface area contributed by atoms with Crippen molar-refractivity contribution in [2.24, 2.45) is 0 Å². The van der Waals surface area contributed by atoms with Crippen LogP contribution in [-0.2, 0) is 4.74 Å². The Bertz CT molecular complexity index is 696. The summed E-state index contributed by atoms with van der Waals surface area (Å²) in [4.78, 5) is 33.8. The molecule has 120 valence electrons. The zero-order valence-corrected chi connectivity index (χ0v) is 12.0. The second kappa shape index (κ2) is 7.07. The first kappa shape index (κ1) is 16.0.